The highest BCUT2D eigenvalue weighted by Gasteiger charge is 2.22. The van der Waals surface area contributed by atoms with Crippen LogP contribution in [0.5, 0.6) is 0 Å². The lowest BCUT2D eigenvalue weighted by Gasteiger charge is -2.28. The van der Waals surface area contributed by atoms with Gasteiger partial charge in [0.15, 0.2) is 5.17 Å². The van der Waals surface area contributed by atoms with Gasteiger partial charge in [-0.05, 0) is 5.56 Å². The van der Waals surface area contributed by atoms with Crippen LogP contribution < -0.4 is 5.32 Å². The molecular weight excluding hydrogens is 296 g/mol. The Labute approximate surface area is 118 Å². The van der Waals surface area contributed by atoms with Crippen LogP contribution in [0.3, 0.4) is 0 Å². The van der Waals surface area contributed by atoms with Gasteiger partial charge in [-0.15, -0.1) is 17.0 Å². The zero-order valence-electron chi connectivity index (χ0n) is 10.3. The summed E-state index contributed by atoms with van der Waals surface area (Å²) >= 11 is 1.79. The van der Waals surface area contributed by atoms with Crippen molar-refractivity contribution in [1.82, 2.24) is 5.32 Å². The summed E-state index contributed by atoms with van der Waals surface area (Å²) in [6.07, 6.45) is 0. The predicted molar refractivity (Wildman–Crippen MR) is 82.1 cm³/mol. The van der Waals surface area contributed by atoms with Crippen molar-refractivity contribution >= 4 is 33.9 Å². The molecule has 1 aliphatic heterocycles. The third-order valence-corrected chi connectivity index (χ3v) is 3.61. The molecular formula is C13H19BrN2S. The van der Waals surface area contributed by atoms with Crippen molar-refractivity contribution in [2.24, 2.45) is 10.4 Å². The molecule has 1 heterocycles. The van der Waals surface area contributed by atoms with Crippen LogP contribution in [-0.2, 0) is 5.75 Å². The lowest BCUT2D eigenvalue weighted by molar-refractivity contribution is 0.364. The molecule has 0 aliphatic carbocycles. The van der Waals surface area contributed by atoms with E-state index in [2.05, 4.69) is 48.4 Å². The van der Waals surface area contributed by atoms with Gasteiger partial charge < -0.3 is 5.32 Å². The summed E-state index contributed by atoms with van der Waals surface area (Å²) < 4.78 is 0. The zero-order valence-corrected chi connectivity index (χ0v) is 12.8. The van der Waals surface area contributed by atoms with E-state index < -0.39 is 0 Å². The second kappa shape index (κ2) is 6.45. The number of halogens is 1. The maximum Gasteiger partial charge on any atom is 0.156 e. The molecule has 0 aromatic heterocycles. The second-order valence-corrected chi connectivity index (χ2v) is 5.88. The van der Waals surface area contributed by atoms with Crippen LogP contribution in [0, 0.1) is 5.41 Å². The van der Waals surface area contributed by atoms with Gasteiger partial charge in [-0.1, -0.05) is 55.9 Å². The SMILES string of the molecule is Br.CC1(C)CN=C(SCc2ccccc2)NC1. The Balaban J connectivity index is 0.00000144. The molecule has 1 N–H and O–H groups in total. The number of aliphatic imine (C=N–C) groups is 1. The Bertz CT molecular complexity index is 376. The van der Waals surface area contributed by atoms with Crippen molar-refractivity contribution < 1.29 is 0 Å². The number of thioether (sulfide) groups is 1. The first kappa shape index (κ1) is 14.6. The topological polar surface area (TPSA) is 24.4 Å². The lowest BCUT2D eigenvalue weighted by atomic mass is 9.93. The van der Waals surface area contributed by atoms with Crippen molar-refractivity contribution in [3.8, 4) is 0 Å². The first-order valence-corrected chi connectivity index (χ1v) is 6.59. The van der Waals surface area contributed by atoms with Crippen LogP contribution in [0.2, 0.25) is 0 Å². The van der Waals surface area contributed by atoms with Gasteiger partial charge in [-0.25, -0.2) is 0 Å². The van der Waals surface area contributed by atoms with E-state index in [1.807, 2.05) is 6.07 Å². The Hall–Kier alpha value is -0.480. The van der Waals surface area contributed by atoms with E-state index in [-0.39, 0.29) is 17.0 Å². The molecule has 1 aliphatic rings. The highest BCUT2D eigenvalue weighted by Crippen LogP contribution is 2.21. The largest absolute Gasteiger partial charge is 0.364 e. The lowest BCUT2D eigenvalue weighted by Crippen LogP contribution is -2.39. The van der Waals surface area contributed by atoms with E-state index >= 15 is 0 Å². The average Bonchev–Trinajstić information content (AvgIpc) is 2.29. The molecule has 0 fully saturated rings. The molecule has 0 atom stereocenters. The van der Waals surface area contributed by atoms with Crippen molar-refractivity contribution in [2.45, 2.75) is 19.6 Å². The van der Waals surface area contributed by atoms with Gasteiger partial charge in [0.25, 0.3) is 0 Å². The summed E-state index contributed by atoms with van der Waals surface area (Å²) in [6, 6.07) is 10.5. The Morgan fingerprint density at radius 3 is 2.59 bits per heavy atom. The number of amidine groups is 1. The number of nitrogens with zero attached hydrogens (tertiary/aromatic N) is 1. The second-order valence-electron chi connectivity index (χ2n) is 4.91. The fourth-order valence-corrected chi connectivity index (χ4v) is 2.36. The molecule has 0 amide bonds. The van der Waals surface area contributed by atoms with Crippen LogP contribution >= 0.6 is 28.7 Å². The molecule has 94 valence electrons. The average molecular weight is 315 g/mol. The summed E-state index contributed by atoms with van der Waals surface area (Å²) in [5.41, 5.74) is 1.65. The van der Waals surface area contributed by atoms with E-state index in [4.69, 9.17) is 0 Å². The van der Waals surface area contributed by atoms with Gasteiger partial charge >= 0.3 is 0 Å². The molecule has 4 heteroatoms. The van der Waals surface area contributed by atoms with Gasteiger partial charge in [0, 0.05) is 24.3 Å². The molecule has 0 unspecified atom stereocenters. The first-order chi connectivity index (χ1) is 7.66. The highest BCUT2D eigenvalue weighted by atomic mass is 79.9. The van der Waals surface area contributed by atoms with Crippen molar-refractivity contribution in [3.05, 3.63) is 35.9 Å². The van der Waals surface area contributed by atoms with Gasteiger partial charge in [-0.3, -0.25) is 4.99 Å². The number of hydrogen-bond donors (Lipinski definition) is 1. The molecule has 0 saturated carbocycles. The first-order valence-electron chi connectivity index (χ1n) is 5.61. The zero-order chi connectivity index (χ0) is 11.4. The number of hydrogen-bond acceptors (Lipinski definition) is 3. The van der Waals surface area contributed by atoms with Crippen LogP contribution in [0.4, 0.5) is 0 Å². The van der Waals surface area contributed by atoms with E-state index in [0.717, 1.165) is 24.0 Å². The third-order valence-electron chi connectivity index (χ3n) is 2.59. The molecule has 2 rings (SSSR count). The summed E-state index contributed by atoms with van der Waals surface area (Å²) in [5.74, 6) is 0.993. The fraction of sp³-hybridized carbons (Fsp3) is 0.462. The van der Waals surface area contributed by atoms with Crippen LogP contribution in [0.15, 0.2) is 35.3 Å². The van der Waals surface area contributed by atoms with Crippen molar-refractivity contribution in [2.75, 3.05) is 13.1 Å². The molecule has 0 spiro atoms. The Morgan fingerprint density at radius 2 is 2.00 bits per heavy atom. The van der Waals surface area contributed by atoms with Gasteiger partial charge in [0.2, 0.25) is 0 Å². The molecule has 1 aromatic rings. The molecule has 2 nitrogen and oxygen atoms in total. The van der Waals surface area contributed by atoms with E-state index in [9.17, 15) is 0 Å². The van der Waals surface area contributed by atoms with Crippen LogP contribution in [-0.4, -0.2) is 18.3 Å². The normalized spacial score (nSPS) is 17.6. The van der Waals surface area contributed by atoms with Crippen molar-refractivity contribution in [3.63, 3.8) is 0 Å². The standard InChI is InChI=1S/C13H18N2S.BrH/c1-13(2)9-14-12(15-10-13)16-8-11-6-4-3-5-7-11;/h3-7H,8-10H2,1-2H3,(H,14,15);1H. The van der Waals surface area contributed by atoms with E-state index in [1.54, 1.807) is 11.8 Å². The smallest absolute Gasteiger partial charge is 0.156 e. The highest BCUT2D eigenvalue weighted by molar-refractivity contribution is 8.93. The van der Waals surface area contributed by atoms with Crippen molar-refractivity contribution in [1.29, 1.82) is 0 Å². The fourth-order valence-electron chi connectivity index (χ4n) is 1.54. The predicted octanol–water partition coefficient (Wildman–Crippen LogP) is 3.48. The maximum absolute atomic E-state index is 4.57. The summed E-state index contributed by atoms with van der Waals surface area (Å²) in [5, 5.41) is 4.48. The molecule has 0 saturated heterocycles. The van der Waals surface area contributed by atoms with Crippen LogP contribution in [0.1, 0.15) is 19.4 Å². The molecule has 0 radical (unpaired) electrons. The third kappa shape index (κ3) is 4.72. The monoisotopic (exact) mass is 314 g/mol. The van der Waals surface area contributed by atoms with E-state index in [1.165, 1.54) is 5.56 Å². The summed E-state index contributed by atoms with van der Waals surface area (Å²) in [7, 11) is 0. The quantitative estimate of drug-likeness (QED) is 0.903. The van der Waals surface area contributed by atoms with Crippen LogP contribution in [0.25, 0.3) is 0 Å². The molecule has 1 aromatic carbocycles. The summed E-state index contributed by atoms with van der Waals surface area (Å²) in [6.45, 7) is 6.43. The minimum Gasteiger partial charge on any atom is -0.364 e. The van der Waals surface area contributed by atoms with Gasteiger partial charge in [-0.2, -0.15) is 0 Å². The van der Waals surface area contributed by atoms with Gasteiger partial charge in [0.1, 0.15) is 0 Å². The number of nitrogens with one attached hydrogen (secondary N) is 1. The maximum atomic E-state index is 4.57. The molecule has 17 heavy (non-hydrogen) atoms. The Morgan fingerprint density at radius 1 is 1.29 bits per heavy atom. The van der Waals surface area contributed by atoms with Gasteiger partial charge in [0.05, 0.1) is 0 Å². The molecule has 0 bridgehead atoms. The minimum atomic E-state index is 0. The summed E-state index contributed by atoms with van der Waals surface area (Å²) in [4.78, 5) is 4.57. The Kier molecular flexibility index (Phi) is 5.53. The number of benzene rings is 1. The number of rotatable bonds is 2. The van der Waals surface area contributed by atoms with E-state index in [0.29, 0.717) is 5.41 Å². The minimum absolute atomic E-state index is 0.